The second-order valence-corrected chi connectivity index (χ2v) is 8.64. The Morgan fingerprint density at radius 3 is 2.66 bits per heavy atom. The third-order valence-corrected chi connectivity index (χ3v) is 6.16. The van der Waals surface area contributed by atoms with Crippen LogP contribution in [0.1, 0.15) is 32.6 Å². The Morgan fingerprint density at radius 2 is 1.94 bits per heavy atom. The summed E-state index contributed by atoms with van der Waals surface area (Å²) in [5, 5.41) is 3.15. The molecule has 180 valence electrons. The van der Waals surface area contributed by atoms with Crippen LogP contribution in [0.3, 0.4) is 0 Å². The molecular weight excluding hydrogens is 469 g/mol. The second-order valence-electron chi connectivity index (χ2n) is 8.23. The maximum Gasteiger partial charge on any atom is 0.324 e. The molecule has 8 heteroatoms. The highest BCUT2D eigenvalue weighted by atomic mass is 35.5. The third kappa shape index (κ3) is 5.46. The minimum Gasteiger partial charge on any atom is -0.504 e. The molecule has 0 aromatic heterocycles. The number of amides is 3. The number of nitrogens with zero attached hydrogens (tertiary/aromatic N) is 2. The summed E-state index contributed by atoms with van der Waals surface area (Å²) < 4.78 is 19.4. The van der Waals surface area contributed by atoms with Gasteiger partial charge in [-0.2, -0.15) is 0 Å². The number of hydrogen-bond donors (Lipinski definition) is 1. The Hall–Kier alpha value is -3.84. The Morgan fingerprint density at radius 1 is 1.17 bits per heavy atom. The molecule has 0 bridgehead atoms. The average Bonchev–Trinajstić information content (AvgIpc) is 2.86. The van der Waals surface area contributed by atoms with Crippen molar-refractivity contribution >= 4 is 35.3 Å². The van der Waals surface area contributed by atoms with E-state index in [1.54, 1.807) is 43.5 Å². The SMILES string of the molecule is CO/C=C\c1ccc(CNC(=O)c2ccc3c(c2)N(Cc2c(F)cccc2Cl)C(=O)N(C)C3)cc1. The molecule has 4 rings (SSSR count). The van der Waals surface area contributed by atoms with Gasteiger partial charge in [0.25, 0.3) is 5.91 Å². The minimum atomic E-state index is -0.488. The van der Waals surface area contributed by atoms with Crippen molar-refractivity contribution in [3.8, 4) is 0 Å². The van der Waals surface area contributed by atoms with Gasteiger partial charge in [-0.25, -0.2) is 9.18 Å². The Bertz CT molecular complexity index is 1260. The van der Waals surface area contributed by atoms with E-state index >= 15 is 0 Å². The number of benzene rings is 3. The van der Waals surface area contributed by atoms with Gasteiger partial charge in [-0.05, 0) is 47.0 Å². The smallest absolute Gasteiger partial charge is 0.324 e. The normalized spacial score (nSPS) is 13.2. The number of nitrogens with one attached hydrogen (secondary N) is 1. The largest absolute Gasteiger partial charge is 0.504 e. The van der Waals surface area contributed by atoms with Gasteiger partial charge < -0.3 is 15.0 Å². The molecule has 0 fully saturated rings. The molecule has 0 atom stereocenters. The van der Waals surface area contributed by atoms with Crippen molar-refractivity contribution < 1.29 is 18.7 Å². The number of carbonyl (C=O) groups excluding carboxylic acids is 2. The molecule has 3 aromatic rings. The van der Waals surface area contributed by atoms with E-state index in [0.717, 1.165) is 16.7 Å². The standard InChI is InChI=1S/C27H25ClFN3O3/c1-31-16-21-11-10-20(26(33)30-15-19-8-6-18(7-9-19)12-13-35-2)14-25(21)32(27(31)34)17-22-23(28)4-3-5-24(22)29/h3-14H,15-17H2,1-2H3,(H,30,33)/b13-12-. The van der Waals surface area contributed by atoms with Gasteiger partial charge in [-0.3, -0.25) is 9.69 Å². The van der Waals surface area contributed by atoms with Crippen molar-refractivity contribution in [1.29, 1.82) is 0 Å². The van der Waals surface area contributed by atoms with Gasteiger partial charge >= 0.3 is 6.03 Å². The number of carbonyl (C=O) groups is 2. The first-order chi connectivity index (χ1) is 16.9. The van der Waals surface area contributed by atoms with Gasteiger partial charge in [0.1, 0.15) is 5.82 Å². The van der Waals surface area contributed by atoms with Crippen LogP contribution in [-0.4, -0.2) is 31.0 Å². The molecule has 0 saturated carbocycles. The molecule has 1 aliphatic heterocycles. The number of hydrogen-bond acceptors (Lipinski definition) is 3. The van der Waals surface area contributed by atoms with Gasteiger partial charge in [-0.15, -0.1) is 0 Å². The number of ether oxygens (including phenoxy) is 1. The summed E-state index contributed by atoms with van der Waals surface area (Å²) in [6.45, 7) is 0.693. The van der Waals surface area contributed by atoms with E-state index in [1.807, 2.05) is 36.4 Å². The van der Waals surface area contributed by atoms with E-state index in [-0.39, 0.29) is 29.1 Å². The summed E-state index contributed by atoms with van der Waals surface area (Å²) >= 11 is 6.21. The first-order valence-corrected chi connectivity index (χ1v) is 11.4. The lowest BCUT2D eigenvalue weighted by atomic mass is 10.0. The zero-order valence-corrected chi connectivity index (χ0v) is 20.2. The van der Waals surface area contributed by atoms with Gasteiger partial charge in [0.15, 0.2) is 0 Å². The van der Waals surface area contributed by atoms with E-state index < -0.39 is 5.82 Å². The number of anilines is 1. The molecule has 0 saturated heterocycles. The molecule has 0 radical (unpaired) electrons. The van der Waals surface area contributed by atoms with Gasteiger partial charge in [-0.1, -0.05) is 48.0 Å². The molecule has 6 nitrogen and oxygen atoms in total. The number of rotatable bonds is 7. The lowest BCUT2D eigenvalue weighted by Gasteiger charge is -2.35. The average molecular weight is 494 g/mol. The fourth-order valence-corrected chi connectivity index (χ4v) is 4.12. The van der Waals surface area contributed by atoms with Gasteiger partial charge in [0.2, 0.25) is 0 Å². The van der Waals surface area contributed by atoms with Crippen molar-refractivity contribution in [3.05, 3.63) is 106 Å². The summed E-state index contributed by atoms with van der Waals surface area (Å²) in [7, 11) is 3.27. The lowest BCUT2D eigenvalue weighted by molar-refractivity contribution is 0.0950. The summed E-state index contributed by atoms with van der Waals surface area (Å²) in [6.07, 6.45) is 3.44. The Labute approximate surface area is 208 Å². The summed E-state index contributed by atoms with van der Waals surface area (Å²) in [6, 6.07) is 17.1. The van der Waals surface area contributed by atoms with Crippen LogP contribution in [0.2, 0.25) is 5.02 Å². The van der Waals surface area contributed by atoms with Crippen molar-refractivity contribution in [1.82, 2.24) is 10.2 Å². The number of halogens is 2. The van der Waals surface area contributed by atoms with Crippen molar-refractivity contribution in [2.45, 2.75) is 19.6 Å². The minimum absolute atomic E-state index is 0.0450. The van der Waals surface area contributed by atoms with Crippen LogP contribution in [0, 0.1) is 5.82 Å². The number of fused-ring (bicyclic) bond motifs is 1. The molecule has 0 unspecified atom stereocenters. The topological polar surface area (TPSA) is 61.9 Å². The quantitative estimate of drug-likeness (QED) is 0.436. The molecule has 3 amide bonds. The predicted molar refractivity (Wildman–Crippen MR) is 135 cm³/mol. The van der Waals surface area contributed by atoms with E-state index in [9.17, 15) is 14.0 Å². The van der Waals surface area contributed by atoms with E-state index in [2.05, 4.69) is 5.32 Å². The zero-order chi connectivity index (χ0) is 24.9. The van der Waals surface area contributed by atoms with Crippen LogP contribution in [-0.2, 0) is 24.4 Å². The molecule has 1 heterocycles. The van der Waals surface area contributed by atoms with E-state index in [1.165, 1.54) is 17.0 Å². The highest BCUT2D eigenvalue weighted by Gasteiger charge is 2.30. The Balaban J connectivity index is 1.53. The summed E-state index contributed by atoms with van der Waals surface area (Å²) in [4.78, 5) is 28.9. The van der Waals surface area contributed by atoms with Gasteiger partial charge in [0, 0.05) is 36.3 Å². The van der Waals surface area contributed by atoms with Crippen LogP contribution in [0.15, 0.2) is 66.9 Å². The van der Waals surface area contributed by atoms with Crippen molar-refractivity contribution in [2.75, 3.05) is 19.1 Å². The molecule has 35 heavy (non-hydrogen) atoms. The Kier molecular flexibility index (Phi) is 7.36. The number of urea groups is 1. The van der Waals surface area contributed by atoms with Crippen LogP contribution < -0.4 is 10.2 Å². The zero-order valence-electron chi connectivity index (χ0n) is 19.4. The molecule has 0 aliphatic carbocycles. The van der Waals surface area contributed by atoms with Gasteiger partial charge in [0.05, 0.1) is 25.6 Å². The first-order valence-electron chi connectivity index (χ1n) is 11.0. The molecular formula is C27H25ClFN3O3. The second kappa shape index (κ2) is 10.6. The van der Waals surface area contributed by atoms with Crippen LogP contribution >= 0.6 is 11.6 Å². The molecule has 1 aliphatic rings. The summed E-state index contributed by atoms with van der Waals surface area (Å²) in [5.74, 6) is -0.760. The molecule has 0 spiro atoms. The maximum absolute atomic E-state index is 14.5. The predicted octanol–water partition coefficient (Wildman–Crippen LogP) is 5.60. The highest BCUT2D eigenvalue weighted by Crippen LogP contribution is 2.32. The fraction of sp³-hybridized carbons (Fsp3) is 0.185. The first kappa shape index (κ1) is 24.3. The molecule has 1 N–H and O–H groups in total. The fourth-order valence-electron chi connectivity index (χ4n) is 3.89. The molecule has 3 aromatic carbocycles. The van der Waals surface area contributed by atoms with E-state index in [4.69, 9.17) is 16.3 Å². The summed E-state index contributed by atoms with van der Waals surface area (Å²) in [5.41, 5.74) is 3.98. The van der Waals surface area contributed by atoms with Crippen LogP contribution in [0.25, 0.3) is 6.08 Å². The van der Waals surface area contributed by atoms with Crippen LogP contribution in [0.5, 0.6) is 0 Å². The lowest BCUT2D eigenvalue weighted by Crippen LogP contribution is -2.45. The monoisotopic (exact) mass is 493 g/mol. The maximum atomic E-state index is 14.5. The number of methoxy groups -OCH3 is 1. The van der Waals surface area contributed by atoms with Crippen LogP contribution in [0.4, 0.5) is 14.9 Å². The van der Waals surface area contributed by atoms with Crippen molar-refractivity contribution in [2.24, 2.45) is 0 Å². The van der Waals surface area contributed by atoms with E-state index in [0.29, 0.717) is 24.3 Å². The van der Waals surface area contributed by atoms with Crippen molar-refractivity contribution in [3.63, 3.8) is 0 Å². The third-order valence-electron chi connectivity index (χ3n) is 5.81. The highest BCUT2D eigenvalue weighted by molar-refractivity contribution is 6.31.